The van der Waals surface area contributed by atoms with Crippen molar-refractivity contribution in [2.24, 2.45) is 0 Å². The Balaban J connectivity index is 1.54. The molecule has 2 aromatic heterocycles. The molecule has 2 heterocycles. The number of benzene rings is 1. The van der Waals surface area contributed by atoms with Gasteiger partial charge in [-0.2, -0.15) is 0 Å². The number of fused-ring (bicyclic) bond motifs is 1. The van der Waals surface area contributed by atoms with Gasteiger partial charge in [0.15, 0.2) is 0 Å². The Morgan fingerprint density at radius 2 is 1.73 bits per heavy atom. The third-order valence-corrected chi connectivity index (χ3v) is 6.29. The highest BCUT2D eigenvalue weighted by Gasteiger charge is 2.38. The molecule has 0 aliphatic rings. The fourth-order valence-electron chi connectivity index (χ4n) is 4.39. The van der Waals surface area contributed by atoms with Gasteiger partial charge in [0.2, 0.25) is 5.88 Å². The zero-order chi connectivity index (χ0) is 26.6. The second-order valence-electron chi connectivity index (χ2n) is 9.27. The first-order chi connectivity index (χ1) is 17.8. The lowest BCUT2D eigenvalue weighted by atomic mass is 9.91. The van der Waals surface area contributed by atoms with Gasteiger partial charge >= 0.3 is 5.97 Å². The lowest BCUT2D eigenvalue weighted by Crippen LogP contribution is -2.51. The summed E-state index contributed by atoms with van der Waals surface area (Å²) in [7, 11) is 0. The van der Waals surface area contributed by atoms with Crippen molar-refractivity contribution in [2.45, 2.75) is 45.6 Å². The molecule has 0 unspecified atom stereocenters. The van der Waals surface area contributed by atoms with E-state index in [0.29, 0.717) is 24.7 Å². The van der Waals surface area contributed by atoms with Gasteiger partial charge < -0.3 is 20.1 Å². The summed E-state index contributed by atoms with van der Waals surface area (Å²) in [6.07, 6.45) is 6.74. The Labute approximate surface area is 214 Å². The Hall–Kier alpha value is -4.27. The first-order valence-corrected chi connectivity index (χ1v) is 12.3. The maximum Gasteiger partial charge on any atom is 0.329 e. The number of carboxylic acid groups (broad SMARTS) is 1. The second-order valence-corrected chi connectivity index (χ2v) is 9.27. The van der Waals surface area contributed by atoms with Gasteiger partial charge in [-0.3, -0.25) is 14.6 Å². The number of hydrogen-bond donors (Lipinski definition) is 2. The normalized spacial score (nSPS) is 12.8. The van der Waals surface area contributed by atoms with E-state index in [1.54, 1.807) is 42.9 Å². The van der Waals surface area contributed by atoms with Gasteiger partial charge in [0, 0.05) is 48.9 Å². The van der Waals surface area contributed by atoms with Crippen LogP contribution in [0.5, 0.6) is 11.6 Å². The number of carboxylic acids is 1. The number of anilines is 2. The molecule has 0 aliphatic carbocycles. The molecule has 0 saturated heterocycles. The summed E-state index contributed by atoms with van der Waals surface area (Å²) in [6.45, 7) is 6.72. The van der Waals surface area contributed by atoms with Crippen LogP contribution in [0.4, 0.5) is 11.4 Å². The average molecular weight is 503 g/mol. The number of nitrogens with one attached hydrogen (secondary N) is 1. The van der Waals surface area contributed by atoms with Crippen molar-refractivity contribution in [2.75, 3.05) is 23.3 Å². The average Bonchev–Trinajstić information content (AvgIpc) is 2.89. The Morgan fingerprint density at radius 1 is 1.03 bits per heavy atom. The van der Waals surface area contributed by atoms with Crippen molar-refractivity contribution in [3.8, 4) is 11.6 Å². The molecule has 0 radical (unpaired) electrons. The molecule has 2 N–H and O–H groups in total. The lowest BCUT2D eigenvalue weighted by molar-refractivity contribution is -0.141. The van der Waals surface area contributed by atoms with Crippen LogP contribution in [-0.4, -0.2) is 39.7 Å². The van der Waals surface area contributed by atoms with Crippen LogP contribution in [-0.2, 0) is 11.2 Å². The Kier molecular flexibility index (Phi) is 7.52. The molecule has 9 heteroatoms. The van der Waals surface area contributed by atoms with Crippen LogP contribution in [0, 0.1) is 0 Å². The highest BCUT2D eigenvalue weighted by molar-refractivity contribution is 5.87. The minimum atomic E-state index is -1.51. The highest BCUT2D eigenvalue weighted by atomic mass is 16.5. The number of ether oxygens (including phenoxy) is 1. The van der Waals surface area contributed by atoms with Crippen LogP contribution in [0.15, 0.2) is 64.6 Å². The second kappa shape index (κ2) is 10.8. The van der Waals surface area contributed by atoms with Crippen LogP contribution in [0.25, 0.3) is 10.8 Å². The SMILES string of the molecule is CCCN(CCC)c1c(N[C@@](C)(Cc2ccc(Oc3nccc4cnccc34)cc2)C(=O)O)c(=O)c1=O. The summed E-state index contributed by atoms with van der Waals surface area (Å²) in [6, 6.07) is 10.7. The van der Waals surface area contributed by atoms with Crippen LogP contribution in [0.2, 0.25) is 0 Å². The molecule has 1 atom stereocenters. The predicted octanol–water partition coefficient (Wildman–Crippen LogP) is 4.14. The topological polar surface area (TPSA) is 122 Å². The van der Waals surface area contributed by atoms with Gasteiger partial charge in [0.05, 0.1) is 0 Å². The number of pyridine rings is 2. The molecule has 37 heavy (non-hydrogen) atoms. The molecule has 0 bridgehead atoms. The zero-order valence-electron chi connectivity index (χ0n) is 21.2. The van der Waals surface area contributed by atoms with E-state index in [-0.39, 0.29) is 17.8 Å². The smallest absolute Gasteiger partial charge is 0.329 e. The third kappa shape index (κ3) is 5.30. The highest BCUT2D eigenvalue weighted by Crippen LogP contribution is 2.29. The van der Waals surface area contributed by atoms with Crippen molar-refractivity contribution in [1.29, 1.82) is 0 Å². The summed E-state index contributed by atoms with van der Waals surface area (Å²) in [5.74, 6) is -0.135. The van der Waals surface area contributed by atoms with Crippen LogP contribution in [0.3, 0.4) is 0 Å². The van der Waals surface area contributed by atoms with Crippen LogP contribution < -0.4 is 25.8 Å². The maximum absolute atomic E-state index is 12.4. The number of aliphatic carboxylic acids is 1. The molecule has 0 saturated carbocycles. The first-order valence-electron chi connectivity index (χ1n) is 12.3. The van der Waals surface area contributed by atoms with Gasteiger partial charge in [-0.25, -0.2) is 9.78 Å². The maximum atomic E-state index is 12.4. The van der Waals surface area contributed by atoms with Crippen molar-refractivity contribution < 1.29 is 14.6 Å². The van der Waals surface area contributed by atoms with Gasteiger partial charge in [0.1, 0.15) is 22.7 Å². The molecule has 192 valence electrons. The van der Waals surface area contributed by atoms with E-state index in [4.69, 9.17) is 4.74 Å². The standard InChI is InChI=1S/C28H30N4O5/c1-4-14-32(15-5-2)23-22(24(33)25(23)34)31-28(3,27(35)36)16-18-6-8-20(9-7-18)37-26-21-11-12-29-17-19(21)10-13-30-26/h6-13,17,31H,4-5,14-16H2,1-3H3,(H,35,36)/t28-/m0/s1. The first kappa shape index (κ1) is 25.8. The van der Waals surface area contributed by atoms with E-state index in [1.165, 1.54) is 6.92 Å². The van der Waals surface area contributed by atoms with Crippen LogP contribution in [0.1, 0.15) is 39.2 Å². The quantitative estimate of drug-likeness (QED) is 0.275. The van der Waals surface area contributed by atoms with Gasteiger partial charge in [0.25, 0.3) is 10.9 Å². The predicted molar refractivity (Wildman–Crippen MR) is 144 cm³/mol. The number of hydrogen-bond acceptors (Lipinski definition) is 8. The molecule has 4 aromatic rings. The van der Waals surface area contributed by atoms with E-state index < -0.39 is 22.4 Å². The fourth-order valence-corrected chi connectivity index (χ4v) is 4.39. The van der Waals surface area contributed by atoms with Gasteiger partial charge in [-0.15, -0.1) is 0 Å². The molecule has 0 aliphatic heterocycles. The summed E-state index contributed by atoms with van der Waals surface area (Å²) < 4.78 is 5.96. The van der Waals surface area contributed by atoms with Gasteiger partial charge in [-0.1, -0.05) is 26.0 Å². The molecule has 0 spiro atoms. The van der Waals surface area contributed by atoms with Crippen molar-refractivity contribution in [3.63, 3.8) is 0 Å². The van der Waals surface area contributed by atoms with E-state index in [1.807, 2.05) is 30.9 Å². The largest absolute Gasteiger partial charge is 0.480 e. The summed E-state index contributed by atoms with van der Waals surface area (Å²) in [5.41, 5.74) is -1.68. The molecule has 9 nitrogen and oxygen atoms in total. The summed E-state index contributed by atoms with van der Waals surface area (Å²) >= 11 is 0. The van der Waals surface area contributed by atoms with E-state index in [0.717, 1.165) is 29.2 Å². The Bertz CT molecular complexity index is 1470. The molecule has 0 amide bonds. The van der Waals surface area contributed by atoms with Crippen LogP contribution >= 0.6 is 0 Å². The number of nitrogens with zero attached hydrogens (tertiary/aromatic N) is 3. The van der Waals surface area contributed by atoms with E-state index in [2.05, 4.69) is 15.3 Å². The van der Waals surface area contributed by atoms with Crippen molar-refractivity contribution in [1.82, 2.24) is 9.97 Å². The Morgan fingerprint density at radius 3 is 2.38 bits per heavy atom. The number of rotatable bonds is 12. The van der Waals surface area contributed by atoms with E-state index >= 15 is 0 Å². The van der Waals surface area contributed by atoms with E-state index in [9.17, 15) is 19.5 Å². The lowest BCUT2D eigenvalue weighted by Gasteiger charge is -2.32. The van der Waals surface area contributed by atoms with Gasteiger partial charge in [-0.05, 0) is 49.6 Å². The summed E-state index contributed by atoms with van der Waals surface area (Å²) in [4.78, 5) is 47.4. The molecule has 0 fully saturated rings. The number of aromatic nitrogens is 2. The monoisotopic (exact) mass is 502 g/mol. The minimum absolute atomic E-state index is 0.0771. The minimum Gasteiger partial charge on any atom is -0.480 e. The number of carbonyl (C=O) groups is 1. The van der Waals surface area contributed by atoms with Crippen molar-refractivity contribution in [3.05, 3.63) is 81.0 Å². The van der Waals surface area contributed by atoms with Crippen molar-refractivity contribution >= 4 is 28.1 Å². The summed E-state index contributed by atoms with van der Waals surface area (Å²) in [5, 5.41) is 14.7. The molecule has 2 aromatic carbocycles. The zero-order valence-corrected chi connectivity index (χ0v) is 21.2. The molecular weight excluding hydrogens is 472 g/mol. The molecule has 4 rings (SSSR count). The molecular formula is C28H30N4O5. The third-order valence-electron chi connectivity index (χ3n) is 6.29. The fraction of sp³-hybridized carbons (Fsp3) is 0.321.